The molecule has 0 aliphatic carbocycles. The van der Waals surface area contributed by atoms with Crippen molar-refractivity contribution in [1.82, 2.24) is 0 Å². The van der Waals surface area contributed by atoms with Crippen LogP contribution in [0.1, 0.15) is 55.4 Å². The number of halogens is 1. The highest BCUT2D eigenvalue weighted by atomic mass is 19.1. The largest absolute Gasteiger partial charge is 0.206 e. The van der Waals surface area contributed by atoms with Crippen LogP contribution >= 0.6 is 0 Å². The molecule has 0 fully saturated rings. The lowest BCUT2D eigenvalue weighted by atomic mass is 10.00. The van der Waals surface area contributed by atoms with Gasteiger partial charge in [0.05, 0.1) is 12.4 Å². The monoisotopic (exact) mass is 400 g/mol. The Kier molecular flexibility index (Phi) is 8.08. The fourth-order valence-electron chi connectivity index (χ4n) is 3.32. The van der Waals surface area contributed by atoms with E-state index < -0.39 is 0 Å². The fourth-order valence-corrected chi connectivity index (χ4v) is 3.32. The smallest absolute Gasteiger partial charge is 0.131 e. The third kappa shape index (κ3) is 6.21. The SMILES string of the molecule is CCCCCc1ccc(-c2ccc(C=NN=Cc3ccc(CC)cc3)cc2F)cc1. The van der Waals surface area contributed by atoms with E-state index in [2.05, 4.69) is 48.3 Å². The van der Waals surface area contributed by atoms with E-state index in [1.807, 2.05) is 30.3 Å². The summed E-state index contributed by atoms with van der Waals surface area (Å²) < 4.78 is 14.6. The molecule has 3 heteroatoms. The summed E-state index contributed by atoms with van der Waals surface area (Å²) in [5.41, 5.74) is 5.77. The van der Waals surface area contributed by atoms with E-state index in [9.17, 15) is 4.39 Å². The minimum Gasteiger partial charge on any atom is -0.206 e. The van der Waals surface area contributed by atoms with Crippen LogP contribution in [0.25, 0.3) is 11.1 Å². The molecule has 0 N–H and O–H groups in total. The van der Waals surface area contributed by atoms with Gasteiger partial charge in [0, 0.05) is 5.56 Å². The predicted molar refractivity (Wildman–Crippen MR) is 126 cm³/mol. The Morgan fingerprint density at radius 1 is 0.733 bits per heavy atom. The van der Waals surface area contributed by atoms with Gasteiger partial charge >= 0.3 is 0 Å². The number of hydrogen-bond acceptors (Lipinski definition) is 2. The molecule has 0 bridgehead atoms. The molecular weight excluding hydrogens is 371 g/mol. The first kappa shape index (κ1) is 21.6. The molecule has 0 saturated carbocycles. The third-order valence-electron chi connectivity index (χ3n) is 5.20. The summed E-state index contributed by atoms with van der Waals surface area (Å²) in [5.74, 6) is -0.253. The number of unbranched alkanes of at least 4 members (excludes halogenated alkanes) is 2. The summed E-state index contributed by atoms with van der Waals surface area (Å²) in [6.07, 6.45) is 9.02. The molecule has 0 radical (unpaired) electrons. The van der Waals surface area contributed by atoms with Crippen molar-refractivity contribution < 1.29 is 4.39 Å². The highest BCUT2D eigenvalue weighted by molar-refractivity contribution is 5.83. The lowest BCUT2D eigenvalue weighted by molar-refractivity contribution is 0.631. The van der Waals surface area contributed by atoms with Crippen molar-refractivity contribution in [3.8, 4) is 11.1 Å². The van der Waals surface area contributed by atoms with Gasteiger partial charge in [-0.3, -0.25) is 0 Å². The van der Waals surface area contributed by atoms with Crippen LogP contribution in [-0.2, 0) is 12.8 Å². The van der Waals surface area contributed by atoms with Gasteiger partial charge in [-0.2, -0.15) is 10.2 Å². The van der Waals surface area contributed by atoms with E-state index in [4.69, 9.17) is 0 Å². The van der Waals surface area contributed by atoms with E-state index >= 15 is 0 Å². The van der Waals surface area contributed by atoms with Crippen molar-refractivity contribution in [2.75, 3.05) is 0 Å². The maximum atomic E-state index is 14.6. The Hall–Kier alpha value is -3.07. The first-order valence-electron chi connectivity index (χ1n) is 10.7. The number of benzene rings is 3. The fraction of sp³-hybridized carbons (Fsp3) is 0.259. The van der Waals surface area contributed by atoms with Gasteiger partial charge in [-0.25, -0.2) is 4.39 Å². The number of nitrogens with zero attached hydrogens (tertiary/aromatic N) is 2. The second-order valence-electron chi connectivity index (χ2n) is 7.48. The zero-order valence-electron chi connectivity index (χ0n) is 17.8. The Labute approximate surface area is 179 Å². The summed E-state index contributed by atoms with van der Waals surface area (Å²) in [6.45, 7) is 4.33. The Morgan fingerprint density at radius 2 is 1.37 bits per heavy atom. The lowest BCUT2D eigenvalue weighted by Gasteiger charge is -2.06. The van der Waals surface area contributed by atoms with E-state index in [0.29, 0.717) is 11.1 Å². The molecule has 0 saturated heterocycles. The molecule has 0 atom stereocenters. The van der Waals surface area contributed by atoms with Crippen molar-refractivity contribution in [2.45, 2.75) is 46.0 Å². The highest BCUT2D eigenvalue weighted by Gasteiger charge is 2.06. The summed E-state index contributed by atoms with van der Waals surface area (Å²) in [4.78, 5) is 0. The van der Waals surface area contributed by atoms with Gasteiger partial charge in [-0.1, -0.05) is 87.4 Å². The van der Waals surface area contributed by atoms with Crippen LogP contribution in [0.2, 0.25) is 0 Å². The van der Waals surface area contributed by atoms with Gasteiger partial charge in [0.2, 0.25) is 0 Å². The molecule has 3 aromatic carbocycles. The van der Waals surface area contributed by atoms with Crippen molar-refractivity contribution in [2.24, 2.45) is 10.2 Å². The molecule has 0 heterocycles. The maximum Gasteiger partial charge on any atom is 0.131 e. The topological polar surface area (TPSA) is 24.7 Å². The molecule has 0 unspecified atom stereocenters. The molecule has 0 aliphatic heterocycles. The second-order valence-corrected chi connectivity index (χ2v) is 7.48. The standard InChI is InChI=1S/C27H29FN2/c1-3-5-6-7-22-12-15-25(16-13-22)26-17-14-24(18-27(26)28)20-30-29-19-23-10-8-21(4-2)9-11-23/h8-20H,3-7H2,1-2H3. The summed E-state index contributed by atoms with van der Waals surface area (Å²) in [7, 11) is 0. The van der Waals surface area contributed by atoms with Crippen LogP contribution in [0.4, 0.5) is 4.39 Å². The van der Waals surface area contributed by atoms with Crippen LogP contribution in [-0.4, -0.2) is 12.4 Å². The average molecular weight is 401 g/mol. The van der Waals surface area contributed by atoms with Gasteiger partial charge in [-0.05, 0) is 53.1 Å². The molecule has 154 valence electrons. The first-order valence-corrected chi connectivity index (χ1v) is 10.7. The third-order valence-corrected chi connectivity index (χ3v) is 5.20. The summed E-state index contributed by atoms with van der Waals surface area (Å²) in [6, 6.07) is 21.6. The predicted octanol–water partition coefficient (Wildman–Crippen LogP) is 7.24. The number of aryl methyl sites for hydroxylation is 2. The van der Waals surface area contributed by atoms with Crippen molar-refractivity contribution in [3.05, 3.63) is 94.8 Å². The van der Waals surface area contributed by atoms with Crippen molar-refractivity contribution in [1.29, 1.82) is 0 Å². The number of hydrogen-bond donors (Lipinski definition) is 0. The van der Waals surface area contributed by atoms with E-state index in [-0.39, 0.29) is 5.82 Å². The highest BCUT2D eigenvalue weighted by Crippen LogP contribution is 2.24. The second kappa shape index (κ2) is 11.2. The zero-order chi connectivity index (χ0) is 21.2. The van der Waals surface area contributed by atoms with Gasteiger partial charge in [0.15, 0.2) is 0 Å². The van der Waals surface area contributed by atoms with Crippen molar-refractivity contribution >= 4 is 12.4 Å². The Balaban J connectivity index is 1.62. The minimum absolute atomic E-state index is 0.253. The van der Waals surface area contributed by atoms with Crippen LogP contribution in [0.3, 0.4) is 0 Å². The minimum atomic E-state index is -0.253. The molecule has 0 aliphatic rings. The van der Waals surface area contributed by atoms with Crippen molar-refractivity contribution in [3.63, 3.8) is 0 Å². The van der Waals surface area contributed by atoms with Gasteiger partial charge in [-0.15, -0.1) is 0 Å². The molecule has 2 nitrogen and oxygen atoms in total. The first-order chi connectivity index (χ1) is 14.7. The molecule has 3 aromatic rings. The Morgan fingerprint density at radius 3 is 2.00 bits per heavy atom. The maximum absolute atomic E-state index is 14.6. The molecule has 30 heavy (non-hydrogen) atoms. The van der Waals surface area contributed by atoms with Gasteiger partial charge in [0.25, 0.3) is 0 Å². The van der Waals surface area contributed by atoms with Crippen LogP contribution in [0.15, 0.2) is 76.9 Å². The van der Waals surface area contributed by atoms with Gasteiger partial charge < -0.3 is 0 Å². The number of rotatable bonds is 9. The molecular formula is C27H29FN2. The lowest BCUT2D eigenvalue weighted by Crippen LogP contribution is -1.90. The van der Waals surface area contributed by atoms with Crippen LogP contribution < -0.4 is 0 Å². The zero-order valence-corrected chi connectivity index (χ0v) is 17.8. The average Bonchev–Trinajstić information content (AvgIpc) is 2.78. The van der Waals surface area contributed by atoms with E-state index in [1.54, 1.807) is 18.5 Å². The summed E-state index contributed by atoms with van der Waals surface area (Å²) in [5, 5.41) is 8.11. The molecule has 0 aromatic heterocycles. The van der Waals surface area contributed by atoms with Crippen LogP contribution in [0.5, 0.6) is 0 Å². The quantitative estimate of drug-likeness (QED) is 0.205. The molecule has 0 spiro atoms. The van der Waals surface area contributed by atoms with E-state index in [1.165, 1.54) is 36.5 Å². The molecule has 0 amide bonds. The Bertz CT molecular complexity index is 986. The van der Waals surface area contributed by atoms with E-state index in [0.717, 1.165) is 24.0 Å². The van der Waals surface area contributed by atoms with Crippen LogP contribution in [0, 0.1) is 5.82 Å². The summed E-state index contributed by atoms with van der Waals surface area (Å²) >= 11 is 0. The molecule has 3 rings (SSSR count). The normalized spacial score (nSPS) is 11.6. The van der Waals surface area contributed by atoms with Gasteiger partial charge in [0.1, 0.15) is 5.82 Å².